The number of rotatable bonds is 9. The number of hydrogen-bond acceptors (Lipinski definition) is 4. The Hall–Kier alpha value is -0.840. The van der Waals surface area contributed by atoms with Crippen molar-refractivity contribution in [2.75, 3.05) is 26.4 Å². The summed E-state index contributed by atoms with van der Waals surface area (Å²) in [7, 11) is 0. The Kier molecular flexibility index (Phi) is 6.88. The maximum atomic E-state index is 5.39. The van der Waals surface area contributed by atoms with Crippen molar-refractivity contribution in [2.45, 2.75) is 26.5 Å². The average molecular weight is 227 g/mol. The van der Waals surface area contributed by atoms with Gasteiger partial charge in [-0.05, 0) is 26.0 Å². The second kappa shape index (κ2) is 8.33. The molecule has 0 radical (unpaired) electrons. The van der Waals surface area contributed by atoms with Crippen molar-refractivity contribution in [3.05, 3.63) is 24.2 Å². The number of furan rings is 1. The summed E-state index contributed by atoms with van der Waals surface area (Å²) in [6, 6.07) is 3.83. The molecule has 1 heterocycles. The maximum absolute atomic E-state index is 5.39. The highest BCUT2D eigenvalue weighted by molar-refractivity contribution is 4.97. The Morgan fingerprint density at radius 1 is 1.31 bits per heavy atom. The molecular formula is C12H21NO3. The summed E-state index contributed by atoms with van der Waals surface area (Å²) in [5, 5.41) is 3.23. The van der Waals surface area contributed by atoms with E-state index in [1.165, 1.54) is 0 Å². The van der Waals surface area contributed by atoms with Gasteiger partial charge >= 0.3 is 0 Å². The smallest absolute Gasteiger partial charge is 0.117 e. The Morgan fingerprint density at radius 2 is 2.19 bits per heavy atom. The molecule has 1 aromatic heterocycles. The van der Waals surface area contributed by atoms with E-state index in [4.69, 9.17) is 13.9 Å². The highest BCUT2D eigenvalue weighted by Crippen LogP contribution is 1.97. The first-order valence-corrected chi connectivity index (χ1v) is 5.71. The summed E-state index contributed by atoms with van der Waals surface area (Å²) in [6.07, 6.45) is 1.96. The first-order valence-electron chi connectivity index (χ1n) is 5.71. The predicted octanol–water partition coefficient (Wildman–Crippen LogP) is 1.81. The van der Waals surface area contributed by atoms with Crippen LogP contribution in [0.3, 0.4) is 0 Å². The van der Waals surface area contributed by atoms with E-state index in [1.807, 2.05) is 26.0 Å². The fourth-order valence-electron chi connectivity index (χ4n) is 1.21. The van der Waals surface area contributed by atoms with Gasteiger partial charge in [-0.3, -0.25) is 0 Å². The van der Waals surface area contributed by atoms with Crippen molar-refractivity contribution in [1.82, 2.24) is 5.32 Å². The van der Waals surface area contributed by atoms with Crippen LogP contribution in [-0.4, -0.2) is 32.5 Å². The third-order valence-electron chi connectivity index (χ3n) is 1.98. The van der Waals surface area contributed by atoms with E-state index in [0.717, 1.165) is 18.8 Å². The summed E-state index contributed by atoms with van der Waals surface area (Å²) in [6.45, 7) is 7.62. The van der Waals surface area contributed by atoms with Crippen LogP contribution in [0.2, 0.25) is 0 Å². The second-order valence-electron chi connectivity index (χ2n) is 3.79. The fourth-order valence-corrected chi connectivity index (χ4v) is 1.21. The predicted molar refractivity (Wildman–Crippen MR) is 62.3 cm³/mol. The first kappa shape index (κ1) is 13.2. The summed E-state index contributed by atoms with van der Waals surface area (Å²) in [4.78, 5) is 0. The minimum Gasteiger partial charge on any atom is -0.468 e. The lowest BCUT2D eigenvalue weighted by Gasteiger charge is -2.08. The van der Waals surface area contributed by atoms with Crippen molar-refractivity contribution in [3.63, 3.8) is 0 Å². The summed E-state index contributed by atoms with van der Waals surface area (Å²) >= 11 is 0. The Labute approximate surface area is 96.9 Å². The molecule has 1 N–H and O–H groups in total. The zero-order valence-electron chi connectivity index (χ0n) is 10.1. The molecule has 0 bridgehead atoms. The molecule has 4 heteroatoms. The highest BCUT2D eigenvalue weighted by Gasteiger charge is 1.95. The average Bonchev–Trinajstić information content (AvgIpc) is 2.74. The highest BCUT2D eigenvalue weighted by atomic mass is 16.5. The third kappa shape index (κ3) is 6.61. The summed E-state index contributed by atoms with van der Waals surface area (Å²) in [5.74, 6) is 0.947. The number of ether oxygens (including phenoxy) is 2. The van der Waals surface area contributed by atoms with E-state index in [1.54, 1.807) is 6.26 Å². The molecule has 0 saturated heterocycles. The van der Waals surface area contributed by atoms with Crippen molar-refractivity contribution >= 4 is 0 Å². The molecule has 0 spiro atoms. The van der Waals surface area contributed by atoms with E-state index in [2.05, 4.69) is 5.32 Å². The zero-order chi connectivity index (χ0) is 11.6. The first-order chi connectivity index (χ1) is 7.79. The van der Waals surface area contributed by atoms with Gasteiger partial charge in [0.2, 0.25) is 0 Å². The molecule has 0 saturated carbocycles. The van der Waals surface area contributed by atoms with Gasteiger partial charge in [0.1, 0.15) is 5.76 Å². The van der Waals surface area contributed by atoms with E-state index in [0.29, 0.717) is 19.8 Å². The van der Waals surface area contributed by atoms with Crippen LogP contribution in [0.4, 0.5) is 0 Å². The molecular weight excluding hydrogens is 206 g/mol. The largest absolute Gasteiger partial charge is 0.468 e. The van der Waals surface area contributed by atoms with Crippen LogP contribution in [0.1, 0.15) is 19.6 Å². The monoisotopic (exact) mass is 227 g/mol. The van der Waals surface area contributed by atoms with E-state index in [-0.39, 0.29) is 6.10 Å². The topological polar surface area (TPSA) is 43.6 Å². The lowest BCUT2D eigenvalue weighted by Crippen LogP contribution is -2.20. The quantitative estimate of drug-likeness (QED) is 0.653. The lowest BCUT2D eigenvalue weighted by atomic mass is 10.4. The van der Waals surface area contributed by atoms with Gasteiger partial charge < -0.3 is 19.2 Å². The molecule has 0 aromatic carbocycles. The molecule has 0 aliphatic rings. The van der Waals surface area contributed by atoms with Crippen molar-refractivity contribution in [1.29, 1.82) is 0 Å². The van der Waals surface area contributed by atoms with Crippen LogP contribution in [0.25, 0.3) is 0 Å². The van der Waals surface area contributed by atoms with Crippen molar-refractivity contribution in [2.24, 2.45) is 0 Å². The normalized spacial score (nSPS) is 11.2. The fraction of sp³-hybridized carbons (Fsp3) is 0.667. The van der Waals surface area contributed by atoms with Gasteiger partial charge in [-0.15, -0.1) is 0 Å². The molecule has 1 rings (SSSR count). The molecule has 16 heavy (non-hydrogen) atoms. The minimum atomic E-state index is 0.278. The Balaban J connectivity index is 1.82. The lowest BCUT2D eigenvalue weighted by molar-refractivity contribution is 0.0203. The van der Waals surface area contributed by atoms with Gasteiger partial charge in [0.15, 0.2) is 0 Å². The van der Waals surface area contributed by atoms with Crippen LogP contribution in [-0.2, 0) is 16.0 Å². The van der Waals surface area contributed by atoms with Crippen LogP contribution < -0.4 is 5.32 Å². The minimum absolute atomic E-state index is 0.278. The SMILES string of the molecule is CC(C)OCCOCCNCc1ccco1. The van der Waals surface area contributed by atoms with E-state index >= 15 is 0 Å². The van der Waals surface area contributed by atoms with E-state index in [9.17, 15) is 0 Å². The molecule has 92 valence electrons. The standard InChI is InChI=1S/C12H21NO3/c1-11(2)15-9-8-14-7-5-13-10-12-4-3-6-16-12/h3-4,6,11,13H,5,7-10H2,1-2H3. The van der Waals surface area contributed by atoms with Gasteiger partial charge in [-0.2, -0.15) is 0 Å². The van der Waals surface area contributed by atoms with Crippen LogP contribution in [0, 0.1) is 0 Å². The molecule has 0 aliphatic heterocycles. The van der Waals surface area contributed by atoms with Gasteiger partial charge in [-0.1, -0.05) is 0 Å². The molecule has 0 amide bonds. The Morgan fingerprint density at radius 3 is 2.88 bits per heavy atom. The number of nitrogens with one attached hydrogen (secondary N) is 1. The zero-order valence-corrected chi connectivity index (χ0v) is 10.1. The molecule has 0 fully saturated rings. The van der Waals surface area contributed by atoms with Crippen LogP contribution in [0.15, 0.2) is 22.8 Å². The molecule has 0 atom stereocenters. The molecule has 0 unspecified atom stereocenters. The van der Waals surface area contributed by atoms with E-state index < -0.39 is 0 Å². The van der Waals surface area contributed by atoms with Gasteiger partial charge in [0.25, 0.3) is 0 Å². The van der Waals surface area contributed by atoms with Crippen LogP contribution in [0.5, 0.6) is 0 Å². The second-order valence-corrected chi connectivity index (χ2v) is 3.79. The van der Waals surface area contributed by atoms with Crippen LogP contribution >= 0.6 is 0 Å². The number of hydrogen-bond donors (Lipinski definition) is 1. The third-order valence-corrected chi connectivity index (χ3v) is 1.98. The molecule has 0 aliphatic carbocycles. The van der Waals surface area contributed by atoms with Crippen molar-refractivity contribution < 1.29 is 13.9 Å². The summed E-state index contributed by atoms with van der Waals surface area (Å²) in [5.41, 5.74) is 0. The van der Waals surface area contributed by atoms with Crippen molar-refractivity contribution in [3.8, 4) is 0 Å². The molecule has 1 aromatic rings. The summed E-state index contributed by atoms with van der Waals surface area (Å²) < 4.78 is 15.9. The van der Waals surface area contributed by atoms with Gasteiger partial charge in [0, 0.05) is 6.54 Å². The van der Waals surface area contributed by atoms with Gasteiger partial charge in [0.05, 0.1) is 38.7 Å². The molecule has 4 nitrogen and oxygen atoms in total. The van der Waals surface area contributed by atoms with Gasteiger partial charge in [-0.25, -0.2) is 0 Å². The Bertz CT molecular complexity index is 247. The maximum Gasteiger partial charge on any atom is 0.117 e.